The van der Waals surface area contributed by atoms with Crippen molar-refractivity contribution in [2.45, 2.75) is 58.0 Å². The van der Waals surface area contributed by atoms with Crippen molar-refractivity contribution in [3.63, 3.8) is 0 Å². The van der Waals surface area contributed by atoms with Crippen molar-refractivity contribution in [1.82, 2.24) is 4.90 Å². The molecule has 1 fully saturated rings. The number of hydrogen-bond acceptors (Lipinski definition) is 2. The Kier molecular flexibility index (Phi) is 7.00. The minimum Gasteiger partial charge on any atom is -0.341 e. The standard InChI is InChI=1S/C12H24N2O.ClH/c1-4-11(13)12(15)14(3)10-7-5-9(2)6-8-10;/h9-11H,4-8,13H2,1-3H3;1H/t9?,10?,11-;/m0./s1. The highest BCUT2D eigenvalue weighted by atomic mass is 35.5. The number of carbonyl (C=O) groups excluding carboxylic acids is 1. The largest absolute Gasteiger partial charge is 0.341 e. The summed E-state index contributed by atoms with van der Waals surface area (Å²) in [5, 5.41) is 0. The predicted molar refractivity (Wildman–Crippen MR) is 69.7 cm³/mol. The molecular formula is C12H25ClN2O. The van der Waals surface area contributed by atoms with E-state index in [4.69, 9.17) is 5.73 Å². The van der Waals surface area contributed by atoms with Crippen LogP contribution in [0.5, 0.6) is 0 Å². The molecule has 0 aliphatic heterocycles. The molecule has 0 unspecified atom stereocenters. The van der Waals surface area contributed by atoms with Crippen molar-refractivity contribution in [3.8, 4) is 0 Å². The predicted octanol–water partition coefficient (Wildman–Crippen LogP) is 2.18. The molecule has 1 aliphatic carbocycles. The lowest BCUT2D eigenvalue weighted by Gasteiger charge is -2.34. The average molecular weight is 249 g/mol. The van der Waals surface area contributed by atoms with Gasteiger partial charge in [0.2, 0.25) is 5.91 Å². The molecule has 0 spiro atoms. The maximum atomic E-state index is 11.9. The van der Waals surface area contributed by atoms with Crippen LogP contribution >= 0.6 is 12.4 Å². The summed E-state index contributed by atoms with van der Waals surface area (Å²) in [5.74, 6) is 0.932. The fourth-order valence-corrected chi connectivity index (χ4v) is 2.25. The third kappa shape index (κ3) is 3.95. The number of hydrogen-bond donors (Lipinski definition) is 1. The number of rotatable bonds is 3. The lowest BCUT2D eigenvalue weighted by atomic mass is 9.86. The molecule has 0 aromatic heterocycles. The number of likely N-dealkylation sites (N-methyl/N-ethyl adjacent to an activating group) is 1. The zero-order chi connectivity index (χ0) is 11.4. The maximum absolute atomic E-state index is 11.9. The monoisotopic (exact) mass is 248 g/mol. The number of nitrogens with two attached hydrogens (primary N) is 1. The SMILES string of the molecule is CC[C@H](N)C(=O)N(C)C1CCC(C)CC1.Cl. The van der Waals surface area contributed by atoms with Crippen LogP contribution in [0.1, 0.15) is 46.0 Å². The van der Waals surface area contributed by atoms with Crippen LogP contribution in [-0.4, -0.2) is 29.9 Å². The van der Waals surface area contributed by atoms with Gasteiger partial charge in [0, 0.05) is 13.1 Å². The summed E-state index contributed by atoms with van der Waals surface area (Å²) in [6, 6.07) is 0.112. The summed E-state index contributed by atoms with van der Waals surface area (Å²) in [7, 11) is 1.90. The molecule has 0 bridgehead atoms. The molecule has 2 N–H and O–H groups in total. The van der Waals surface area contributed by atoms with Crippen LogP contribution in [0.3, 0.4) is 0 Å². The van der Waals surface area contributed by atoms with Gasteiger partial charge in [-0.3, -0.25) is 4.79 Å². The molecule has 1 rings (SSSR count). The minimum absolute atomic E-state index is 0. The third-order valence-electron chi connectivity index (χ3n) is 3.64. The van der Waals surface area contributed by atoms with E-state index in [0.717, 1.165) is 25.2 Å². The molecular weight excluding hydrogens is 224 g/mol. The Morgan fingerprint density at radius 1 is 1.38 bits per heavy atom. The molecule has 0 radical (unpaired) electrons. The first kappa shape index (κ1) is 15.7. The molecule has 1 saturated carbocycles. The molecule has 1 amide bonds. The van der Waals surface area contributed by atoms with E-state index < -0.39 is 0 Å². The van der Waals surface area contributed by atoms with Gasteiger partial charge in [-0.1, -0.05) is 13.8 Å². The minimum atomic E-state index is -0.311. The molecule has 0 heterocycles. The highest BCUT2D eigenvalue weighted by molar-refractivity contribution is 5.85. The number of amides is 1. The lowest BCUT2D eigenvalue weighted by molar-refractivity contribution is -0.134. The molecule has 0 saturated heterocycles. The fraction of sp³-hybridized carbons (Fsp3) is 0.917. The van der Waals surface area contributed by atoms with E-state index >= 15 is 0 Å². The van der Waals surface area contributed by atoms with E-state index in [9.17, 15) is 4.79 Å². The highest BCUT2D eigenvalue weighted by Gasteiger charge is 2.26. The normalized spacial score (nSPS) is 26.8. The Morgan fingerprint density at radius 3 is 2.31 bits per heavy atom. The molecule has 0 aromatic rings. The van der Waals surface area contributed by atoms with E-state index in [1.807, 2.05) is 18.9 Å². The van der Waals surface area contributed by atoms with Gasteiger partial charge < -0.3 is 10.6 Å². The van der Waals surface area contributed by atoms with Crippen LogP contribution in [0.25, 0.3) is 0 Å². The highest BCUT2D eigenvalue weighted by Crippen LogP contribution is 2.26. The van der Waals surface area contributed by atoms with Crippen LogP contribution in [0, 0.1) is 5.92 Å². The van der Waals surface area contributed by atoms with E-state index in [-0.39, 0.29) is 24.4 Å². The average Bonchev–Trinajstić information content (AvgIpc) is 2.27. The van der Waals surface area contributed by atoms with Crippen LogP contribution in [0.4, 0.5) is 0 Å². The Morgan fingerprint density at radius 2 is 1.88 bits per heavy atom. The van der Waals surface area contributed by atoms with E-state index in [2.05, 4.69) is 6.92 Å². The molecule has 0 aromatic carbocycles. The van der Waals surface area contributed by atoms with Gasteiger partial charge >= 0.3 is 0 Å². The molecule has 1 atom stereocenters. The molecule has 1 aliphatic rings. The molecule has 4 heteroatoms. The number of halogens is 1. The van der Waals surface area contributed by atoms with Gasteiger partial charge in [-0.15, -0.1) is 12.4 Å². The topological polar surface area (TPSA) is 46.3 Å². The Labute approximate surface area is 105 Å². The zero-order valence-corrected chi connectivity index (χ0v) is 11.4. The zero-order valence-electron chi connectivity index (χ0n) is 10.6. The summed E-state index contributed by atoms with van der Waals surface area (Å²) in [5.41, 5.74) is 5.76. The second kappa shape index (κ2) is 7.13. The second-order valence-electron chi connectivity index (χ2n) is 4.88. The Balaban J connectivity index is 0.00000225. The molecule has 16 heavy (non-hydrogen) atoms. The van der Waals surface area contributed by atoms with Gasteiger partial charge in [-0.05, 0) is 38.0 Å². The first-order chi connectivity index (χ1) is 7.06. The van der Waals surface area contributed by atoms with Gasteiger partial charge in [0.25, 0.3) is 0 Å². The molecule has 96 valence electrons. The Hall–Kier alpha value is -0.280. The van der Waals surface area contributed by atoms with Gasteiger partial charge in [-0.25, -0.2) is 0 Å². The number of nitrogens with zero attached hydrogens (tertiary/aromatic N) is 1. The van der Waals surface area contributed by atoms with Gasteiger partial charge in [-0.2, -0.15) is 0 Å². The second-order valence-corrected chi connectivity index (χ2v) is 4.88. The van der Waals surface area contributed by atoms with Crippen molar-refractivity contribution in [2.75, 3.05) is 7.05 Å². The van der Waals surface area contributed by atoms with Crippen LogP contribution in [-0.2, 0) is 4.79 Å². The summed E-state index contributed by atoms with van der Waals surface area (Å²) in [6.45, 7) is 4.25. The Bertz CT molecular complexity index is 215. The van der Waals surface area contributed by atoms with Crippen molar-refractivity contribution in [2.24, 2.45) is 11.7 Å². The number of carbonyl (C=O) groups is 1. The quantitative estimate of drug-likeness (QED) is 0.832. The van der Waals surface area contributed by atoms with Crippen LogP contribution in [0.15, 0.2) is 0 Å². The summed E-state index contributed by atoms with van der Waals surface area (Å²) < 4.78 is 0. The van der Waals surface area contributed by atoms with Gasteiger partial charge in [0.15, 0.2) is 0 Å². The van der Waals surface area contributed by atoms with Gasteiger partial charge in [0.05, 0.1) is 6.04 Å². The fourth-order valence-electron chi connectivity index (χ4n) is 2.25. The van der Waals surface area contributed by atoms with E-state index in [0.29, 0.717) is 6.04 Å². The van der Waals surface area contributed by atoms with Crippen LogP contribution < -0.4 is 5.73 Å². The first-order valence-corrected chi connectivity index (χ1v) is 6.08. The van der Waals surface area contributed by atoms with Gasteiger partial charge in [0.1, 0.15) is 0 Å². The molecule has 3 nitrogen and oxygen atoms in total. The van der Waals surface area contributed by atoms with Crippen molar-refractivity contribution in [1.29, 1.82) is 0 Å². The third-order valence-corrected chi connectivity index (χ3v) is 3.64. The van der Waals surface area contributed by atoms with E-state index in [1.165, 1.54) is 12.8 Å². The van der Waals surface area contributed by atoms with E-state index in [1.54, 1.807) is 0 Å². The maximum Gasteiger partial charge on any atom is 0.239 e. The lowest BCUT2D eigenvalue weighted by Crippen LogP contribution is -2.47. The first-order valence-electron chi connectivity index (χ1n) is 6.08. The summed E-state index contributed by atoms with van der Waals surface area (Å²) >= 11 is 0. The summed E-state index contributed by atoms with van der Waals surface area (Å²) in [6.07, 6.45) is 5.49. The van der Waals surface area contributed by atoms with Crippen molar-refractivity contribution < 1.29 is 4.79 Å². The van der Waals surface area contributed by atoms with Crippen molar-refractivity contribution in [3.05, 3.63) is 0 Å². The van der Waals surface area contributed by atoms with Crippen LogP contribution in [0.2, 0.25) is 0 Å². The van der Waals surface area contributed by atoms with Crippen molar-refractivity contribution >= 4 is 18.3 Å². The summed E-state index contributed by atoms with van der Waals surface area (Å²) in [4.78, 5) is 13.7. The smallest absolute Gasteiger partial charge is 0.239 e.